The van der Waals surface area contributed by atoms with E-state index in [0.29, 0.717) is 16.3 Å². The summed E-state index contributed by atoms with van der Waals surface area (Å²) in [4.78, 5) is 16.2. The van der Waals surface area contributed by atoms with Gasteiger partial charge in [-0.05, 0) is 64.0 Å². The maximum Gasteiger partial charge on any atom is 0.363 e. The average molecular weight is 393 g/mol. The molecule has 3 rings (SSSR count). The molecular weight excluding hydrogens is 382 g/mol. The first-order chi connectivity index (χ1) is 11.1. The third kappa shape index (κ3) is 3.46. The van der Waals surface area contributed by atoms with Crippen LogP contribution in [-0.2, 0) is 9.53 Å². The van der Waals surface area contributed by atoms with E-state index in [4.69, 9.17) is 21.1 Å². The third-order valence-electron chi connectivity index (χ3n) is 3.19. The Bertz CT molecular complexity index is 828. The zero-order valence-corrected chi connectivity index (χ0v) is 14.4. The minimum Gasteiger partial charge on any atom is -0.496 e. The molecule has 116 valence electrons. The van der Waals surface area contributed by atoms with Crippen LogP contribution in [0.25, 0.3) is 6.08 Å². The van der Waals surface area contributed by atoms with Gasteiger partial charge in [-0.2, -0.15) is 0 Å². The maximum absolute atomic E-state index is 12.0. The number of hydrogen-bond donors (Lipinski definition) is 0. The van der Waals surface area contributed by atoms with E-state index < -0.39 is 5.97 Å². The quantitative estimate of drug-likeness (QED) is 0.572. The van der Waals surface area contributed by atoms with Gasteiger partial charge >= 0.3 is 5.97 Å². The second-order valence-electron chi connectivity index (χ2n) is 4.74. The van der Waals surface area contributed by atoms with Crippen LogP contribution in [0.2, 0.25) is 5.02 Å². The summed E-state index contributed by atoms with van der Waals surface area (Å²) in [6.07, 6.45) is 1.66. The predicted octanol–water partition coefficient (Wildman–Crippen LogP) is 4.46. The van der Waals surface area contributed by atoms with Crippen molar-refractivity contribution in [2.45, 2.75) is 0 Å². The highest BCUT2D eigenvalue weighted by Gasteiger charge is 2.24. The molecule has 0 aromatic heterocycles. The summed E-state index contributed by atoms with van der Waals surface area (Å²) in [7, 11) is 1.59. The van der Waals surface area contributed by atoms with Crippen molar-refractivity contribution in [1.29, 1.82) is 0 Å². The van der Waals surface area contributed by atoms with E-state index in [1.165, 1.54) is 0 Å². The largest absolute Gasteiger partial charge is 0.496 e. The number of ether oxygens (including phenoxy) is 2. The standard InChI is InChI=1S/C17H11BrClNO3/c1-22-15-7-2-10(8-13(15)18)9-14-17(21)23-16(20-14)11-3-5-12(19)6-4-11/h2-9H,1H3/b14-9-. The van der Waals surface area contributed by atoms with Gasteiger partial charge in [0.2, 0.25) is 5.90 Å². The van der Waals surface area contributed by atoms with E-state index in [9.17, 15) is 4.79 Å². The van der Waals surface area contributed by atoms with Crippen LogP contribution in [0.3, 0.4) is 0 Å². The summed E-state index contributed by atoms with van der Waals surface area (Å²) < 4.78 is 11.2. The molecule has 0 saturated heterocycles. The minimum absolute atomic E-state index is 0.243. The molecule has 0 aliphatic carbocycles. The lowest BCUT2D eigenvalue weighted by atomic mass is 10.2. The summed E-state index contributed by atoms with van der Waals surface area (Å²) in [5, 5.41) is 0.609. The van der Waals surface area contributed by atoms with Gasteiger partial charge in [-0.3, -0.25) is 0 Å². The lowest BCUT2D eigenvalue weighted by molar-refractivity contribution is -0.129. The molecule has 0 spiro atoms. The van der Waals surface area contributed by atoms with Gasteiger partial charge < -0.3 is 9.47 Å². The second kappa shape index (κ2) is 6.56. The van der Waals surface area contributed by atoms with Gasteiger partial charge in [-0.1, -0.05) is 17.7 Å². The Labute approximate surface area is 146 Å². The zero-order chi connectivity index (χ0) is 16.4. The number of nitrogens with zero attached hydrogens (tertiary/aromatic N) is 1. The third-order valence-corrected chi connectivity index (χ3v) is 4.06. The first-order valence-corrected chi connectivity index (χ1v) is 7.86. The molecule has 1 aliphatic rings. The number of carbonyl (C=O) groups excluding carboxylic acids is 1. The monoisotopic (exact) mass is 391 g/mol. The number of rotatable bonds is 3. The highest BCUT2D eigenvalue weighted by molar-refractivity contribution is 9.10. The van der Waals surface area contributed by atoms with Crippen LogP contribution in [0, 0.1) is 0 Å². The smallest absolute Gasteiger partial charge is 0.363 e. The van der Waals surface area contributed by atoms with Gasteiger partial charge in [0.25, 0.3) is 0 Å². The van der Waals surface area contributed by atoms with Gasteiger partial charge in [0, 0.05) is 10.6 Å². The number of esters is 1. The molecule has 1 heterocycles. The molecule has 0 N–H and O–H groups in total. The van der Waals surface area contributed by atoms with Crippen molar-refractivity contribution in [3.63, 3.8) is 0 Å². The Morgan fingerprint density at radius 2 is 1.96 bits per heavy atom. The van der Waals surface area contributed by atoms with Gasteiger partial charge in [-0.25, -0.2) is 9.79 Å². The van der Waals surface area contributed by atoms with Crippen molar-refractivity contribution in [2.24, 2.45) is 4.99 Å². The van der Waals surface area contributed by atoms with E-state index in [1.807, 2.05) is 12.1 Å². The summed E-state index contributed by atoms with van der Waals surface area (Å²) in [5.41, 5.74) is 1.75. The van der Waals surface area contributed by atoms with Crippen LogP contribution < -0.4 is 4.74 Å². The molecule has 0 bridgehead atoms. The maximum atomic E-state index is 12.0. The number of methoxy groups -OCH3 is 1. The lowest BCUT2D eigenvalue weighted by Crippen LogP contribution is -2.05. The molecule has 0 radical (unpaired) electrons. The summed E-state index contributed by atoms with van der Waals surface area (Å²) in [5.74, 6) is 0.499. The Balaban J connectivity index is 1.91. The fourth-order valence-corrected chi connectivity index (χ4v) is 2.74. The van der Waals surface area contributed by atoms with Crippen LogP contribution in [0.5, 0.6) is 5.75 Å². The van der Waals surface area contributed by atoms with Gasteiger partial charge in [0.05, 0.1) is 11.6 Å². The average Bonchev–Trinajstić information content (AvgIpc) is 2.89. The molecule has 1 aliphatic heterocycles. The summed E-state index contributed by atoms with van der Waals surface area (Å²) in [6.45, 7) is 0. The Hall–Kier alpha value is -2.11. The zero-order valence-electron chi connectivity index (χ0n) is 12.0. The molecular formula is C17H11BrClNO3. The number of aliphatic imine (C=N–C) groups is 1. The van der Waals surface area contributed by atoms with Crippen molar-refractivity contribution in [1.82, 2.24) is 0 Å². The van der Waals surface area contributed by atoms with Crippen molar-refractivity contribution in [3.8, 4) is 5.75 Å². The second-order valence-corrected chi connectivity index (χ2v) is 6.03. The molecule has 4 nitrogen and oxygen atoms in total. The van der Waals surface area contributed by atoms with Crippen LogP contribution in [0.15, 0.2) is 57.6 Å². The molecule has 0 saturated carbocycles. The van der Waals surface area contributed by atoms with Gasteiger partial charge in [0.1, 0.15) is 5.75 Å². The van der Waals surface area contributed by atoms with Crippen LogP contribution in [0.4, 0.5) is 0 Å². The molecule has 0 unspecified atom stereocenters. The Morgan fingerprint density at radius 3 is 2.61 bits per heavy atom. The fraction of sp³-hybridized carbons (Fsp3) is 0.0588. The molecule has 0 amide bonds. The van der Waals surface area contributed by atoms with Crippen molar-refractivity contribution in [3.05, 3.63) is 68.8 Å². The van der Waals surface area contributed by atoms with Crippen LogP contribution in [-0.4, -0.2) is 19.0 Å². The number of halogens is 2. The Morgan fingerprint density at radius 1 is 1.22 bits per heavy atom. The molecule has 2 aromatic carbocycles. The van der Waals surface area contributed by atoms with Gasteiger partial charge in [0.15, 0.2) is 5.70 Å². The predicted molar refractivity (Wildman–Crippen MR) is 92.8 cm³/mol. The highest BCUT2D eigenvalue weighted by atomic mass is 79.9. The van der Waals surface area contributed by atoms with Crippen molar-refractivity contribution in [2.75, 3.05) is 7.11 Å². The molecule has 23 heavy (non-hydrogen) atoms. The fourth-order valence-electron chi connectivity index (χ4n) is 2.06. The number of hydrogen-bond acceptors (Lipinski definition) is 4. The number of cyclic esters (lactones) is 1. The van der Waals surface area contributed by atoms with Crippen molar-refractivity contribution >= 4 is 45.5 Å². The normalized spacial score (nSPS) is 15.5. The van der Waals surface area contributed by atoms with E-state index in [-0.39, 0.29) is 11.6 Å². The molecule has 2 aromatic rings. The minimum atomic E-state index is -0.484. The van der Waals surface area contributed by atoms with Crippen LogP contribution in [0.1, 0.15) is 11.1 Å². The van der Waals surface area contributed by atoms with Gasteiger partial charge in [-0.15, -0.1) is 0 Å². The van der Waals surface area contributed by atoms with E-state index in [1.54, 1.807) is 43.5 Å². The first-order valence-electron chi connectivity index (χ1n) is 6.69. The lowest BCUT2D eigenvalue weighted by Gasteiger charge is -2.03. The topological polar surface area (TPSA) is 47.9 Å². The van der Waals surface area contributed by atoms with E-state index >= 15 is 0 Å². The molecule has 0 fully saturated rings. The summed E-state index contributed by atoms with van der Waals surface area (Å²) >= 11 is 9.26. The Kier molecular flexibility index (Phi) is 4.50. The highest BCUT2D eigenvalue weighted by Crippen LogP contribution is 2.27. The van der Waals surface area contributed by atoms with E-state index in [2.05, 4.69) is 20.9 Å². The number of carbonyl (C=O) groups is 1. The summed E-state index contributed by atoms with van der Waals surface area (Å²) in [6, 6.07) is 12.4. The first kappa shape index (κ1) is 15.8. The molecule has 0 atom stereocenters. The number of benzene rings is 2. The van der Waals surface area contributed by atoms with E-state index in [0.717, 1.165) is 10.0 Å². The van der Waals surface area contributed by atoms with Crippen molar-refractivity contribution < 1.29 is 14.3 Å². The molecule has 6 heteroatoms. The van der Waals surface area contributed by atoms with Crippen LogP contribution >= 0.6 is 27.5 Å². The SMILES string of the molecule is COc1ccc(/C=C2\N=C(c3ccc(Cl)cc3)OC2=O)cc1Br.